The molecule has 0 bridgehead atoms. The first-order chi connectivity index (χ1) is 8.07. The van der Waals surface area contributed by atoms with Crippen LogP contribution in [0.4, 0.5) is 0 Å². The van der Waals surface area contributed by atoms with E-state index in [4.69, 9.17) is 0 Å². The van der Waals surface area contributed by atoms with Gasteiger partial charge in [-0.15, -0.1) is 0 Å². The van der Waals surface area contributed by atoms with Crippen molar-refractivity contribution in [3.05, 3.63) is 0 Å². The Hall–Kier alpha value is -0.610. The summed E-state index contributed by atoms with van der Waals surface area (Å²) in [4.78, 5) is 16.7. The van der Waals surface area contributed by atoms with Gasteiger partial charge in [-0.25, -0.2) is 0 Å². The number of carbonyl (C=O) groups is 1. The van der Waals surface area contributed by atoms with E-state index in [0.29, 0.717) is 12.7 Å². The predicted octanol–water partition coefficient (Wildman–Crippen LogP) is 1.03. The number of hydrogen-bond donors (Lipinski definition) is 1. The van der Waals surface area contributed by atoms with Gasteiger partial charge in [0.15, 0.2) is 0 Å². The van der Waals surface area contributed by atoms with E-state index in [9.17, 15) is 4.79 Å². The average Bonchev–Trinajstić information content (AvgIpc) is 2.61. The van der Waals surface area contributed by atoms with Crippen LogP contribution in [0.1, 0.15) is 39.5 Å². The Kier molecular flexibility index (Phi) is 3.73. The summed E-state index contributed by atoms with van der Waals surface area (Å²) >= 11 is 0. The highest BCUT2D eigenvalue weighted by atomic mass is 16.2. The fourth-order valence-corrected chi connectivity index (χ4v) is 2.82. The smallest absolute Gasteiger partial charge is 0.243 e. The molecule has 2 atom stereocenters. The maximum atomic E-state index is 12.3. The molecule has 1 N–H and O–H groups in total. The Morgan fingerprint density at radius 3 is 2.82 bits per heavy atom. The lowest BCUT2D eigenvalue weighted by Gasteiger charge is -2.35. The van der Waals surface area contributed by atoms with E-state index in [1.54, 1.807) is 0 Å². The van der Waals surface area contributed by atoms with Gasteiger partial charge in [-0.05, 0) is 39.8 Å². The van der Waals surface area contributed by atoms with E-state index in [1.165, 1.54) is 25.8 Å². The molecule has 2 fully saturated rings. The summed E-state index contributed by atoms with van der Waals surface area (Å²) in [6.07, 6.45) is 4.69. The van der Waals surface area contributed by atoms with E-state index in [0.717, 1.165) is 13.0 Å². The SMILES string of the molecule is CCC1(C)NCN(CC2CCCCN2C)C1=O. The molecule has 2 rings (SSSR count). The number of amides is 1. The quantitative estimate of drug-likeness (QED) is 0.799. The minimum atomic E-state index is -0.326. The van der Waals surface area contributed by atoms with Crippen molar-refractivity contribution >= 4 is 5.91 Å². The maximum Gasteiger partial charge on any atom is 0.243 e. The average molecular weight is 239 g/mol. The summed E-state index contributed by atoms with van der Waals surface area (Å²) < 4.78 is 0. The van der Waals surface area contributed by atoms with Crippen molar-refractivity contribution in [2.75, 3.05) is 26.8 Å². The van der Waals surface area contributed by atoms with Gasteiger partial charge in [0, 0.05) is 12.6 Å². The van der Waals surface area contributed by atoms with Crippen molar-refractivity contribution in [2.45, 2.75) is 51.1 Å². The largest absolute Gasteiger partial charge is 0.327 e. The van der Waals surface area contributed by atoms with E-state index in [-0.39, 0.29) is 11.4 Å². The number of carbonyl (C=O) groups excluding carboxylic acids is 1. The molecule has 0 spiro atoms. The minimum Gasteiger partial charge on any atom is -0.327 e. The standard InChI is InChI=1S/C13H25N3O/c1-4-13(2)12(17)16(10-14-13)9-11-7-5-6-8-15(11)3/h11,14H,4-10H2,1-3H3. The Morgan fingerprint density at radius 2 is 2.24 bits per heavy atom. The minimum absolute atomic E-state index is 0.277. The number of nitrogens with one attached hydrogen (secondary N) is 1. The molecule has 0 aliphatic carbocycles. The first-order valence-corrected chi connectivity index (χ1v) is 6.81. The van der Waals surface area contributed by atoms with Crippen molar-refractivity contribution in [1.82, 2.24) is 15.1 Å². The molecule has 98 valence electrons. The van der Waals surface area contributed by atoms with Crippen molar-refractivity contribution in [2.24, 2.45) is 0 Å². The van der Waals surface area contributed by atoms with Crippen molar-refractivity contribution in [1.29, 1.82) is 0 Å². The molecule has 2 heterocycles. The van der Waals surface area contributed by atoms with Gasteiger partial charge in [-0.1, -0.05) is 13.3 Å². The van der Waals surface area contributed by atoms with Gasteiger partial charge in [-0.3, -0.25) is 10.1 Å². The third-order valence-electron chi connectivity index (χ3n) is 4.48. The van der Waals surface area contributed by atoms with Crippen LogP contribution in [-0.4, -0.2) is 54.1 Å². The zero-order valence-corrected chi connectivity index (χ0v) is 11.3. The fourth-order valence-electron chi connectivity index (χ4n) is 2.82. The summed E-state index contributed by atoms with van der Waals surface area (Å²) in [5, 5.41) is 3.34. The highest BCUT2D eigenvalue weighted by Gasteiger charge is 2.41. The summed E-state index contributed by atoms with van der Waals surface area (Å²) in [5.41, 5.74) is -0.326. The second-order valence-electron chi connectivity index (χ2n) is 5.68. The van der Waals surface area contributed by atoms with Gasteiger partial charge in [0.1, 0.15) is 0 Å². The van der Waals surface area contributed by atoms with E-state index >= 15 is 0 Å². The van der Waals surface area contributed by atoms with Crippen LogP contribution >= 0.6 is 0 Å². The molecule has 0 saturated carbocycles. The third-order valence-corrected chi connectivity index (χ3v) is 4.48. The molecule has 17 heavy (non-hydrogen) atoms. The Bertz CT molecular complexity index is 294. The van der Waals surface area contributed by atoms with Crippen molar-refractivity contribution in [3.8, 4) is 0 Å². The maximum absolute atomic E-state index is 12.3. The van der Waals surface area contributed by atoms with E-state index < -0.39 is 0 Å². The second kappa shape index (κ2) is 4.94. The number of rotatable bonds is 3. The molecule has 2 unspecified atom stereocenters. The van der Waals surface area contributed by atoms with Gasteiger partial charge in [0.25, 0.3) is 0 Å². The van der Waals surface area contributed by atoms with Crippen LogP contribution in [0.2, 0.25) is 0 Å². The van der Waals surface area contributed by atoms with Crippen LogP contribution in [0, 0.1) is 0 Å². The molecule has 0 aromatic carbocycles. The van der Waals surface area contributed by atoms with Crippen LogP contribution in [0.3, 0.4) is 0 Å². The Balaban J connectivity index is 1.94. The molecule has 0 radical (unpaired) electrons. The lowest BCUT2D eigenvalue weighted by molar-refractivity contribution is -0.132. The number of likely N-dealkylation sites (tertiary alicyclic amines) is 1. The molecule has 1 amide bonds. The summed E-state index contributed by atoms with van der Waals surface area (Å²) in [7, 11) is 2.18. The highest BCUT2D eigenvalue weighted by Crippen LogP contribution is 2.22. The number of hydrogen-bond acceptors (Lipinski definition) is 3. The van der Waals surface area contributed by atoms with Gasteiger partial charge in [0.2, 0.25) is 5.91 Å². The van der Waals surface area contributed by atoms with Crippen molar-refractivity contribution in [3.63, 3.8) is 0 Å². The lowest BCUT2D eigenvalue weighted by Crippen LogP contribution is -2.47. The Morgan fingerprint density at radius 1 is 1.47 bits per heavy atom. The van der Waals surface area contributed by atoms with Gasteiger partial charge in [-0.2, -0.15) is 0 Å². The molecule has 2 aliphatic heterocycles. The summed E-state index contributed by atoms with van der Waals surface area (Å²) in [5.74, 6) is 0.277. The molecule has 2 saturated heterocycles. The van der Waals surface area contributed by atoms with Crippen LogP contribution in [0.5, 0.6) is 0 Å². The van der Waals surface area contributed by atoms with E-state index in [2.05, 4.69) is 24.2 Å². The van der Waals surface area contributed by atoms with E-state index in [1.807, 2.05) is 11.8 Å². The first kappa shape index (κ1) is 12.8. The van der Waals surface area contributed by atoms with Gasteiger partial charge < -0.3 is 9.80 Å². The number of likely N-dealkylation sites (N-methyl/N-ethyl adjacent to an activating group) is 1. The van der Waals surface area contributed by atoms with Crippen LogP contribution < -0.4 is 5.32 Å². The monoisotopic (exact) mass is 239 g/mol. The molecule has 4 heteroatoms. The number of piperidine rings is 1. The van der Waals surface area contributed by atoms with Crippen molar-refractivity contribution < 1.29 is 4.79 Å². The zero-order chi connectivity index (χ0) is 12.5. The predicted molar refractivity (Wildman–Crippen MR) is 68.7 cm³/mol. The summed E-state index contributed by atoms with van der Waals surface area (Å²) in [6, 6.07) is 0.550. The molecule has 0 aromatic heterocycles. The van der Waals surface area contributed by atoms with Crippen LogP contribution in [0.15, 0.2) is 0 Å². The third kappa shape index (κ3) is 2.47. The Labute approximate surface area is 104 Å². The number of nitrogens with zero attached hydrogens (tertiary/aromatic N) is 2. The molecule has 4 nitrogen and oxygen atoms in total. The molecule has 0 aromatic rings. The molecular weight excluding hydrogens is 214 g/mol. The van der Waals surface area contributed by atoms with Crippen LogP contribution in [0.25, 0.3) is 0 Å². The van der Waals surface area contributed by atoms with Gasteiger partial charge in [0.05, 0.1) is 12.2 Å². The highest BCUT2D eigenvalue weighted by molar-refractivity contribution is 5.87. The first-order valence-electron chi connectivity index (χ1n) is 6.81. The normalized spacial score (nSPS) is 35.6. The van der Waals surface area contributed by atoms with Gasteiger partial charge >= 0.3 is 0 Å². The zero-order valence-electron chi connectivity index (χ0n) is 11.3. The molecular formula is C13H25N3O. The lowest BCUT2D eigenvalue weighted by atomic mass is 9.98. The molecule has 2 aliphatic rings. The second-order valence-corrected chi connectivity index (χ2v) is 5.68. The van der Waals surface area contributed by atoms with Crippen LogP contribution in [-0.2, 0) is 4.79 Å². The summed E-state index contributed by atoms with van der Waals surface area (Å²) in [6.45, 7) is 6.86. The fraction of sp³-hybridized carbons (Fsp3) is 0.923. The topological polar surface area (TPSA) is 35.6 Å².